The van der Waals surface area contributed by atoms with Gasteiger partial charge in [0.25, 0.3) is 0 Å². The molecule has 13 heteroatoms. The molecule has 224 valence electrons. The van der Waals surface area contributed by atoms with Crippen molar-refractivity contribution in [3.63, 3.8) is 0 Å². The number of nitrogens with one attached hydrogen (secondary N) is 4. The number of carboxylic acids is 1. The molecule has 0 aliphatic rings. The highest BCUT2D eigenvalue weighted by molar-refractivity contribution is 7.98. The van der Waals surface area contributed by atoms with Gasteiger partial charge in [-0.3, -0.25) is 19.2 Å². The number of carboxylic acid groups (broad SMARTS) is 1. The molecule has 42 heavy (non-hydrogen) atoms. The summed E-state index contributed by atoms with van der Waals surface area (Å²) in [6.45, 7) is 0. The van der Waals surface area contributed by atoms with Gasteiger partial charge in [-0.15, -0.1) is 0 Å². The molecule has 0 radical (unpaired) electrons. The standard InChI is InChI=1S/C29H36N6O6S/c1-42-12-11-22(27(38)35-24(29(40)41)14-18-16-32-21-10-6-5-9-19(18)21)33-28(39)23(15-25(31)36)34-26(37)20(30)13-17-7-3-2-4-8-17/h2-10,16,20,22-24,32H,11-15,30H2,1H3,(H2,31,36)(H,33,39)(H,34,37)(H,35,38)(H,40,41). The zero-order chi connectivity index (χ0) is 30.6. The Morgan fingerprint density at radius 2 is 1.48 bits per heavy atom. The number of nitrogens with two attached hydrogens (primary N) is 2. The summed E-state index contributed by atoms with van der Waals surface area (Å²) in [4.78, 5) is 66.1. The predicted octanol–water partition coefficient (Wildman–Crippen LogP) is 0.448. The molecular weight excluding hydrogens is 560 g/mol. The molecule has 4 unspecified atom stereocenters. The van der Waals surface area contributed by atoms with Crippen LogP contribution in [0.5, 0.6) is 0 Å². The third-order valence-electron chi connectivity index (χ3n) is 6.63. The number of amides is 4. The van der Waals surface area contributed by atoms with Crippen molar-refractivity contribution >= 4 is 52.3 Å². The number of H-pyrrole nitrogens is 1. The first-order valence-corrected chi connectivity index (χ1v) is 14.7. The highest BCUT2D eigenvalue weighted by Gasteiger charge is 2.31. The Morgan fingerprint density at radius 3 is 2.14 bits per heavy atom. The second-order valence-corrected chi connectivity index (χ2v) is 10.8. The van der Waals surface area contributed by atoms with E-state index in [1.54, 1.807) is 30.5 Å². The number of primary amides is 1. The maximum atomic E-state index is 13.3. The molecule has 0 aliphatic heterocycles. The van der Waals surface area contributed by atoms with Gasteiger partial charge in [0.05, 0.1) is 12.5 Å². The zero-order valence-corrected chi connectivity index (χ0v) is 24.0. The predicted molar refractivity (Wildman–Crippen MR) is 160 cm³/mol. The van der Waals surface area contributed by atoms with Crippen LogP contribution in [0.25, 0.3) is 10.9 Å². The number of aromatic amines is 1. The average molecular weight is 597 g/mol. The third-order valence-corrected chi connectivity index (χ3v) is 7.27. The molecule has 9 N–H and O–H groups in total. The van der Waals surface area contributed by atoms with Gasteiger partial charge >= 0.3 is 5.97 Å². The van der Waals surface area contributed by atoms with Crippen LogP contribution < -0.4 is 27.4 Å². The SMILES string of the molecule is CSCCC(NC(=O)C(CC(N)=O)NC(=O)C(N)Cc1ccccc1)C(=O)NC(Cc1c[nH]c2ccccc12)C(=O)O. The summed E-state index contributed by atoms with van der Waals surface area (Å²) in [5, 5.41) is 18.2. The van der Waals surface area contributed by atoms with Gasteiger partial charge in [-0.1, -0.05) is 48.5 Å². The van der Waals surface area contributed by atoms with Crippen LogP contribution in [0.15, 0.2) is 60.8 Å². The number of para-hydroxylation sites is 1. The van der Waals surface area contributed by atoms with Crippen LogP contribution in [0.2, 0.25) is 0 Å². The molecule has 0 aliphatic carbocycles. The van der Waals surface area contributed by atoms with E-state index in [0.29, 0.717) is 11.3 Å². The quantitative estimate of drug-likeness (QED) is 0.123. The Bertz CT molecular complexity index is 1400. The number of carbonyl (C=O) groups is 5. The van der Waals surface area contributed by atoms with Crippen molar-refractivity contribution in [2.75, 3.05) is 12.0 Å². The van der Waals surface area contributed by atoms with E-state index in [4.69, 9.17) is 11.5 Å². The number of hydrogen-bond acceptors (Lipinski definition) is 7. The van der Waals surface area contributed by atoms with Crippen LogP contribution in [-0.2, 0) is 36.8 Å². The molecule has 0 spiro atoms. The minimum atomic E-state index is -1.39. The van der Waals surface area contributed by atoms with Crippen LogP contribution in [0.1, 0.15) is 24.0 Å². The summed E-state index contributed by atoms with van der Waals surface area (Å²) in [6.07, 6.45) is 3.36. The summed E-state index contributed by atoms with van der Waals surface area (Å²) in [6, 6.07) is 11.6. The van der Waals surface area contributed by atoms with Crippen molar-refractivity contribution in [1.82, 2.24) is 20.9 Å². The van der Waals surface area contributed by atoms with Crippen LogP contribution in [-0.4, -0.2) is 75.9 Å². The monoisotopic (exact) mass is 596 g/mol. The Morgan fingerprint density at radius 1 is 0.857 bits per heavy atom. The highest BCUT2D eigenvalue weighted by Crippen LogP contribution is 2.19. The molecule has 0 bridgehead atoms. The highest BCUT2D eigenvalue weighted by atomic mass is 32.2. The molecule has 4 amide bonds. The number of benzene rings is 2. The Balaban J connectivity index is 1.70. The van der Waals surface area contributed by atoms with Gasteiger partial charge in [0.2, 0.25) is 23.6 Å². The molecule has 3 aromatic rings. The zero-order valence-electron chi connectivity index (χ0n) is 23.2. The Hall–Kier alpha value is -4.36. The first-order chi connectivity index (χ1) is 20.1. The summed E-state index contributed by atoms with van der Waals surface area (Å²) >= 11 is 1.43. The Kier molecular flexibility index (Phi) is 11.9. The Labute approximate surface area is 247 Å². The molecule has 2 aromatic carbocycles. The minimum absolute atomic E-state index is 0.00788. The van der Waals surface area contributed by atoms with E-state index in [1.165, 1.54) is 11.8 Å². The first-order valence-electron chi connectivity index (χ1n) is 13.3. The van der Waals surface area contributed by atoms with Crippen molar-refractivity contribution in [2.45, 2.75) is 49.9 Å². The van der Waals surface area contributed by atoms with Crippen LogP contribution in [0.4, 0.5) is 0 Å². The summed E-state index contributed by atoms with van der Waals surface area (Å²) in [5.41, 5.74) is 13.7. The van der Waals surface area contributed by atoms with Crippen molar-refractivity contribution < 1.29 is 29.1 Å². The fraction of sp³-hybridized carbons (Fsp3) is 0.345. The maximum absolute atomic E-state index is 13.3. The molecule has 0 saturated carbocycles. The van der Waals surface area contributed by atoms with E-state index in [1.807, 2.05) is 36.6 Å². The lowest BCUT2D eigenvalue weighted by molar-refractivity contribution is -0.142. The lowest BCUT2D eigenvalue weighted by atomic mass is 10.0. The summed E-state index contributed by atoms with van der Waals surface area (Å²) < 4.78 is 0. The van der Waals surface area contributed by atoms with Gasteiger partial charge in [-0.2, -0.15) is 11.8 Å². The van der Waals surface area contributed by atoms with Gasteiger partial charge in [-0.25, -0.2) is 4.79 Å². The maximum Gasteiger partial charge on any atom is 0.326 e. The number of hydrogen-bond donors (Lipinski definition) is 7. The molecule has 12 nitrogen and oxygen atoms in total. The van der Waals surface area contributed by atoms with E-state index in [2.05, 4.69) is 20.9 Å². The first kappa shape index (κ1) is 32.2. The van der Waals surface area contributed by atoms with E-state index in [-0.39, 0.29) is 19.3 Å². The lowest BCUT2D eigenvalue weighted by Gasteiger charge is -2.25. The summed E-state index contributed by atoms with van der Waals surface area (Å²) in [5.74, 6) is -3.83. The van der Waals surface area contributed by atoms with Gasteiger partial charge in [-0.05, 0) is 42.0 Å². The largest absolute Gasteiger partial charge is 0.480 e. The average Bonchev–Trinajstić information content (AvgIpc) is 3.37. The van der Waals surface area contributed by atoms with E-state index >= 15 is 0 Å². The van der Waals surface area contributed by atoms with Crippen molar-refractivity contribution in [3.05, 3.63) is 71.9 Å². The smallest absolute Gasteiger partial charge is 0.326 e. The normalized spacial score (nSPS) is 13.9. The number of aromatic nitrogens is 1. The molecule has 3 rings (SSSR count). The number of carbonyl (C=O) groups excluding carboxylic acids is 4. The van der Waals surface area contributed by atoms with E-state index in [9.17, 15) is 29.1 Å². The molecule has 1 heterocycles. The second-order valence-electron chi connectivity index (χ2n) is 9.83. The summed E-state index contributed by atoms with van der Waals surface area (Å²) in [7, 11) is 0. The fourth-order valence-corrected chi connectivity index (χ4v) is 4.89. The third kappa shape index (κ3) is 9.35. The number of aliphatic carboxylic acids is 1. The van der Waals surface area contributed by atoms with Crippen molar-refractivity contribution in [2.24, 2.45) is 11.5 Å². The molecular formula is C29H36N6O6S. The number of fused-ring (bicyclic) bond motifs is 1. The number of thioether (sulfide) groups is 1. The lowest BCUT2D eigenvalue weighted by Crippen LogP contribution is -2.58. The van der Waals surface area contributed by atoms with Gasteiger partial charge in [0, 0.05) is 23.5 Å². The second kappa shape index (κ2) is 15.6. The topological polar surface area (TPSA) is 209 Å². The van der Waals surface area contributed by atoms with Crippen molar-refractivity contribution in [3.8, 4) is 0 Å². The van der Waals surface area contributed by atoms with Crippen molar-refractivity contribution in [1.29, 1.82) is 0 Å². The fourth-order valence-electron chi connectivity index (χ4n) is 4.42. The van der Waals surface area contributed by atoms with Gasteiger partial charge in [0.15, 0.2) is 0 Å². The van der Waals surface area contributed by atoms with Crippen LogP contribution in [0, 0.1) is 0 Å². The van der Waals surface area contributed by atoms with E-state index < -0.39 is 60.2 Å². The molecule has 4 atom stereocenters. The van der Waals surface area contributed by atoms with Crippen LogP contribution >= 0.6 is 11.8 Å². The van der Waals surface area contributed by atoms with Crippen LogP contribution in [0.3, 0.4) is 0 Å². The minimum Gasteiger partial charge on any atom is -0.480 e. The molecule has 0 saturated heterocycles. The van der Waals surface area contributed by atoms with Gasteiger partial charge in [0.1, 0.15) is 18.1 Å². The van der Waals surface area contributed by atoms with E-state index in [0.717, 1.165) is 16.5 Å². The number of rotatable bonds is 16. The molecule has 1 aromatic heterocycles. The van der Waals surface area contributed by atoms with Gasteiger partial charge < -0.3 is 37.5 Å². The molecule has 0 fully saturated rings.